The number of para-hydroxylation sites is 2. The Balaban J connectivity index is 2.14. The first-order valence-electron chi connectivity index (χ1n) is 6.49. The van der Waals surface area contributed by atoms with Gasteiger partial charge in [-0.15, -0.1) is 0 Å². The minimum absolute atomic E-state index is 0.891. The van der Waals surface area contributed by atoms with Crippen LogP contribution in [0.3, 0.4) is 0 Å². The van der Waals surface area contributed by atoms with Gasteiger partial charge in [-0.05, 0) is 25.1 Å². The summed E-state index contributed by atoms with van der Waals surface area (Å²) < 4.78 is 2.13. The molecule has 0 aliphatic rings. The SMILES string of the molecule is Cc1nc2ccccc2n1-c1cnnc2ccccc12. The van der Waals surface area contributed by atoms with Gasteiger partial charge in [-0.3, -0.25) is 4.57 Å². The van der Waals surface area contributed by atoms with Crippen LogP contribution in [0.15, 0.2) is 54.7 Å². The van der Waals surface area contributed by atoms with Gasteiger partial charge in [0.1, 0.15) is 5.82 Å². The van der Waals surface area contributed by atoms with E-state index in [1.54, 1.807) is 6.20 Å². The van der Waals surface area contributed by atoms with E-state index in [4.69, 9.17) is 0 Å². The largest absolute Gasteiger partial charge is 0.294 e. The second-order valence-electron chi connectivity index (χ2n) is 4.73. The van der Waals surface area contributed by atoms with Crippen molar-refractivity contribution in [2.45, 2.75) is 6.92 Å². The summed E-state index contributed by atoms with van der Waals surface area (Å²) >= 11 is 0. The first-order chi connectivity index (χ1) is 9.84. The van der Waals surface area contributed by atoms with E-state index in [1.165, 1.54) is 0 Å². The number of hydrogen-bond donors (Lipinski definition) is 0. The molecule has 2 heterocycles. The van der Waals surface area contributed by atoms with Gasteiger partial charge in [-0.25, -0.2) is 4.98 Å². The highest BCUT2D eigenvalue weighted by Crippen LogP contribution is 2.25. The predicted octanol–water partition coefficient (Wildman–Crippen LogP) is 3.28. The Labute approximate surface area is 115 Å². The molecule has 4 aromatic rings. The number of nitrogens with zero attached hydrogens (tertiary/aromatic N) is 4. The molecule has 0 unspecified atom stereocenters. The zero-order valence-corrected chi connectivity index (χ0v) is 11.0. The Morgan fingerprint density at radius 3 is 2.55 bits per heavy atom. The van der Waals surface area contributed by atoms with Crippen LogP contribution in [-0.2, 0) is 0 Å². The number of benzene rings is 2. The van der Waals surface area contributed by atoms with E-state index >= 15 is 0 Å². The molecule has 0 saturated carbocycles. The molecule has 2 aromatic heterocycles. The van der Waals surface area contributed by atoms with Crippen LogP contribution in [-0.4, -0.2) is 19.7 Å². The molecule has 0 amide bonds. The normalized spacial score (nSPS) is 11.2. The van der Waals surface area contributed by atoms with Crippen LogP contribution >= 0.6 is 0 Å². The van der Waals surface area contributed by atoms with E-state index in [2.05, 4.69) is 31.9 Å². The van der Waals surface area contributed by atoms with Gasteiger partial charge in [-0.1, -0.05) is 30.3 Å². The van der Waals surface area contributed by atoms with E-state index in [0.29, 0.717) is 0 Å². The van der Waals surface area contributed by atoms with Gasteiger partial charge < -0.3 is 0 Å². The minimum atomic E-state index is 0.891. The van der Waals surface area contributed by atoms with E-state index < -0.39 is 0 Å². The smallest absolute Gasteiger partial charge is 0.111 e. The highest BCUT2D eigenvalue weighted by molar-refractivity contribution is 5.89. The molecule has 4 rings (SSSR count). The molecule has 0 aliphatic carbocycles. The first kappa shape index (κ1) is 11.1. The van der Waals surface area contributed by atoms with Crippen molar-refractivity contribution in [3.05, 3.63) is 60.6 Å². The monoisotopic (exact) mass is 260 g/mol. The Bertz CT molecular complexity index is 919. The van der Waals surface area contributed by atoms with E-state index in [1.807, 2.05) is 43.3 Å². The summed E-state index contributed by atoms with van der Waals surface area (Å²) in [5.74, 6) is 0.948. The van der Waals surface area contributed by atoms with Crippen molar-refractivity contribution in [3.8, 4) is 5.69 Å². The molecule has 4 heteroatoms. The van der Waals surface area contributed by atoms with Crippen LogP contribution in [0.25, 0.3) is 27.6 Å². The third-order valence-electron chi connectivity index (χ3n) is 3.49. The van der Waals surface area contributed by atoms with Gasteiger partial charge in [0.25, 0.3) is 0 Å². The van der Waals surface area contributed by atoms with Crippen molar-refractivity contribution in [2.24, 2.45) is 0 Å². The third kappa shape index (κ3) is 1.51. The zero-order chi connectivity index (χ0) is 13.5. The maximum Gasteiger partial charge on any atom is 0.111 e. The van der Waals surface area contributed by atoms with Gasteiger partial charge in [0.2, 0.25) is 0 Å². The molecule has 0 saturated heterocycles. The summed E-state index contributed by atoms with van der Waals surface area (Å²) in [6, 6.07) is 16.1. The summed E-state index contributed by atoms with van der Waals surface area (Å²) in [5, 5.41) is 9.37. The molecule has 96 valence electrons. The van der Waals surface area contributed by atoms with Gasteiger partial charge >= 0.3 is 0 Å². The standard InChI is InChI=1S/C16H12N4/c1-11-18-14-8-4-5-9-15(14)20(11)16-10-17-19-13-7-3-2-6-12(13)16/h2-10H,1H3. The van der Waals surface area contributed by atoms with Crippen LogP contribution in [0.4, 0.5) is 0 Å². The molecular weight excluding hydrogens is 248 g/mol. The summed E-state index contributed by atoms with van der Waals surface area (Å²) in [5.41, 5.74) is 3.98. The number of hydrogen-bond acceptors (Lipinski definition) is 3. The van der Waals surface area contributed by atoms with E-state index in [-0.39, 0.29) is 0 Å². The number of fused-ring (bicyclic) bond motifs is 2. The van der Waals surface area contributed by atoms with Crippen molar-refractivity contribution in [1.29, 1.82) is 0 Å². The second-order valence-corrected chi connectivity index (χ2v) is 4.73. The molecule has 4 nitrogen and oxygen atoms in total. The Morgan fingerprint density at radius 1 is 0.900 bits per heavy atom. The fourth-order valence-corrected chi connectivity index (χ4v) is 2.62. The van der Waals surface area contributed by atoms with Gasteiger partial charge in [-0.2, -0.15) is 10.2 Å². The Morgan fingerprint density at radius 2 is 1.65 bits per heavy atom. The fraction of sp³-hybridized carbons (Fsp3) is 0.0625. The predicted molar refractivity (Wildman–Crippen MR) is 78.9 cm³/mol. The molecule has 20 heavy (non-hydrogen) atoms. The number of imidazole rings is 1. The maximum atomic E-state index is 4.61. The van der Waals surface area contributed by atoms with Gasteiger partial charge in [0, 0.05) is 5.39 Å². The number of rotatable bonds is 1. The summed E-state index contributed by atoms with van der Waals surface area (Å²) in [7, 11) is 0. The maximum absolute atomic E-state index is 4.61. The lowest BCUT2D eigenvalue weighted by atomic mass is 10.2. The fourth-order valence-electron chi connectivity index (χ4n) is 2.62. The van der Waals surface area contributed by atoms with Crippen molar-refractivity contribution < 1.29 is 0 Å². The van der Waals surface area contributed by atoms with Crippen molar-refractivity contribution in [3.63, 3.8) is 0 Å². The lowest BCUT2D eigenvalue weighted by molar-refractivity contribution is 0.975. The lowest BCUT2D eigenvalue weighted by Crippen LogP contribution is -2.00. The zero-order valence-electron chi connectivity index (χ0n) is 11.0. The quantitative estimate of drug-likeness (QED) is 0.527. The molecule has 0 aliphatic heterocycles. The molecule has 0 N–H and O–H groups in total. The van der Waals surface area contributed by atoms with Crippen LogP contribution < -0.4 is 0 Å². The lowest BCUT2D eigenvalue weighted by Gasteiger charge is -2.09. The van der Waals surface area contributed by atoms with Crippen molar-refractivity contribution in [2.75, 3.05) is 0 Å². The molecule has 0 radical (unpaired) electrons. The topological polar surface area (TPSA) is 43.6 Å². The van der Waals surface area contributed by atoms with Crippen LogP contribution in [0.1, 0.15) is 5.82 Å². The Hall–Kier alpha value is -2.75. The average Bonchev–Trinajstić information content (AvgIpc) is 2.82. The van der Waals surface area contributed by atoms with Crippen LogP contribution in [0.2, 0.25) is 0 Å². The minimum Gasteiger partial charge on any atom is -0.294 e. The van der Waals surface area contributed by atoms with Gasteiger partial charge in [0.05, 0.1) is 28.4 Å². The van der Waals surface area contributed by atoms with Crippen LogP contribution in [0.5, 0.6) is 0 Å². The molecule has 0 fully saturated rings. The van der Waals surface area contributed by atoms with Gasteiger partial charge in [0.15, 0.2) is 0 Å². The highest BCUT2D eigenvalue weighted by Gasteiger charge is 2.11. The third-order valence-corrected chi connectivity index (χ3v) is 3.49. The molecular formula is C16H12N4. The number of aromatic nitrogens is 4. The molecule has 2 aromatic carbocycles. The van der Waals surface area contributed by atoms with E-state index in [0.717, 1.165) is 33.4 Å². The highest BCUT2D eigenvalue weighted by atomic mass is 15.1. The molecule has 0 atom stereocenters. The van der Waals surface area contributed by atoms with Crippen molar-refractivity contribution in [1.82, 2.24) is 19.7 Å². The molecule has 0 spiro atoms. The summed E-state index contributed by atoms with van der Waals surface area (Å²) in [6.45, 7) is 2.01. The molecule has 0 bridgehead atoms. The average molecular weight is 260 g/mol. The number of aryl methyl sites for hydroxylation is 1. The summed E-state index contributed by atoms with van der Waals surface area (Å²) in [6.07, 6.45) is 1.80. The van der Waals surface area contributed by atoms with Crippen LogP contribution in [0, 0.1) is 6.92 Å². The Kier molecular flexibility index (Phi) is 2.29. The first-order valence-corrected chi connectivity index (χ1v) is 6.49. The second kappa shape index (κ2) is 4.13. The van der Waals surface area contributed by atoms with Crippen molar-refractivity contribution >= 4 is 21.9 Å². The summed E-state index contributed by atoms with van der Waals surface area (Å²) in [4.78, 5) is 4.61. The van der Waals surface area contributed by atoms with E-state index in [9.17, 15) is 0 Å².